The second-order valence-electron chi connectivity index (χ2n) is 7.86. The van der Waals surface area contributed by atoms with Crippen LogP contribution in [0.2, 0.25) is 5.02 Å². The maximum Gasteiger partial charge on any atom is 0.416 e. The number of pyridine rings is 1. The molecule has 0 radical (unpaired) electrons. The molecule has 15 heteroatoms. The van der Waals surface area contributed by atoms with E-state index in [0.29, 0.717) is 22.0 Å². The first-order chi connectivity index (χ1) is 17.0. The summed E-state index contributed by atoms with van der Waals surface area (Å²) in [6, 6.07) is 9.46. The minimum absolute atomic E-state index is 0.00895. The number of nitrogens with zero attached hydrogens (tertiary/aromatic N) is 7. The van der Waals surface area contributed by atoms with E-state index in [-0.39, 0.29) is 24.0 Å². The van der Waals surface area contributed by atoms with Crippen LogP contribution in [-0.4, -0.2) is 76.8 Å². The molecular formula is C21H20ClF3N8O3. The number of alkyl halides is 3. The summed E-state index contributed by atoms with van der Waals surface area (Å²) in [4.78, 5) is 21.2. The fourth-order valence-corrected chi connectivity index (χ4v) is 3.61. The molecule has 36 heavy (non-hydrogen) atoms. The van der Waals surface area contributed by atoms with Gasteiger partial charge in [0.15, 0.2) is 23.6 Å². The summed E-state index contributed by atoms with van der Waals surface area (Å²) < 4.78 is 40.4. The number of amidine groups is 1. The van der Waals surface area contributed by atoms with Crippen LogP contribution >= 0.6 is 11.6 Å². The summed E-state index contributed by atoms with van der Waals surface area (Å²) in [5.74, 6) is -0.872. The zero-order chi connectivity index (χ0) is 26.2. The molecule has 11 nitrogen and oxygen atoms in total. The molecule has 2 aromatic heterocycles. The number of carbonyl (C=O) groups excluding carboxylic acids is 1. The Balaban J connectivity index is 1.68. The van der Waals surface area contributed by atoms with Crippen LogP contribution in [0.15, 0.2) is 47.7 Å². The minimum Gasteiger partial charge on any atom is -0.382 e. The number of aliphatic hydroxyl groups excluding tert-OH is 2. The van der Waals surface area contributed by atoms with E-state index >= 15 is 0 Å². The lowest BCUT2D eigenvalue weighted by Crippen LogP contribution is -2.49. The van der Waals surface area contributed by atoms with Gasteiger partial charge in [-0.25, -0.2) is 15.0 Å². The van der Waals surface area contributed by atoms with Crippen LogP contribution in [-0.2, 0) is 6.54 Å². The SMILES string of the molecule is Cc1cccnc1-n1nc(CN2N=C(c3ccc(Cl)cc3)N(C[C@H](O)C(F)(F)F)C2O)nc1C(N)=O. The largest absolute Gasteiger partial charge is 0.416 e. The molecule has 190 valence electrons. The van der Waals surface area contributed by atoms with E-state index in [1.165, 1.54) is 30.5 Å². The first kappa shape index (κ1) is 25.3. The van der Waals surface area contributed by atoms with E-state index in [1.54, 1.807) is 19.1 Å². The number of aromatic nitrogens is 4. The Morgan fingerprint density at radius 1 is 1.25 bits per heavy atom. The van der Waals surface area contributed by atoms with Gasteiger partial charge < -0.3 is 20.8 Å². The average molecular weight is 525 g/mol. The van der Waals surface area contributed by atoms with Crippen molar-refractivity contribution >= 4 is 23.3 Å². The third-order valence-electron chi connectivity index (χ3n) is 5.25. The Kier molecular flexibility index (Phi) is 6.84. The van der Waals surface area contributed by atoms with Gasteiger partial charge in [0.1, 0.15) is 6.54 Å². The molecule has 4 rings (SSSR count). The Morgan fingerprint density at radius 3 is 2.56 bits per heavy atom. The third kappa shape index (κ3) is 5.10. The molecule has 3 heterocycles. The van der Waals surface area contributed by atoms with Crippen molar-refractivity contribution in [1.82, 2.24) is 29.7 Å². The fraction of sp³-hybridized carbons (Fsp3) is 0.286. The van der Waals surface area contributed by atoms with Crippen LogP contribution in [0.5, 0.6) is 0 Å². The Hall–Kier alpha value is -3.75. The van der Waals surface area contributed by atoms with Crippen molar-refractivity contribution < 1.29 is 28.2 Å². The van der Waals surface area contributed by atoms with Gasteiger partial charge in [0.05, 0.1) is 6.54 Å². The van der Waals surface area contributed by atoms with Crippen LogP contribution in [0.1, 0.15) is 27.6 Å². The van der Waals surface area contributed by atoms with E-state index in [9.17, 15) is 28.2 Å². The highest BCUT2D eigenvalue weighted by atomic mass is 35.5. The molecule has 1 aliphatic rings. The Labute approximate surface area is 207 Å². The van der Waals surface area contributed by atoms with Crippen LogP contribution in [0.4, 0.5) is 13.2 Å². The highest BCUT2D eigenvalue weighted by Crippen LogP contribution is 2.27. The van der Waals surface area contributed by atoms with Crippen molar-refractivity contribution in [2.75, 3.05) is 6.54 Å². The quantitative estimate of drug-likeness (QED) is 0.420. The van der Waals surface area contributed by atoms with E-state index in [4.69, 9.17) is 17.3 Å². The molecular weight excluding hydrogens is 505 g/mol. The summed E-state index contributed by atoms with van der Waals surface area (Å²) in [5.41, 5.74) is 6.46. The van der Waals surface area contributed by atoms with Gasteiger partial charge in [-0.3, -0.25) is 4.79 Å². The van der Waals surface area contributed by atoms with Gasteiger partial charge in [-0.2, -0.15) is 23.0 Å². The zero-order valence-electron chi connectivity index (χ0n) is 18.6. The number of carbonyl (C=O) groups is 1. The topological polar surface area (TPSA) is 146 Å². The second-order valence-corrected chi connectivity index (χ2v) is 8.29. The molecule has 0 fully saturated rings. The van der Waals surface area contributed by atoms with Crippen LogP contribution < -0.4 is 5.73 Å². The van der Waals surface area contributed by atoms with Crippen LogP contribution in [0.25, 0.3) is 5.82 Å². The molecule has 0 bridgehead atoms. The van der Waals surface area contributed by atoms with Crippen LogP contribution in [0, 0.1) is 6.92 Å². The number of β-amino-alcohol motifs (C(OH)–C–C–N with tert-alkyl or cyclic N) is 1. The van der Waals surface area contributed by atoms with Gasteiger partial charge in [0.2, 0.25) is 12.2 Å². The van der Waals surface area contributed by atoms with Crippen molar-refractivity contribution in [3.8, 4) is 5.82 Å². The van der Waals surface area contributed by atoms with Gasteiger partial charge in [0.25, 0.3) is 5.91 Å². The maximum absolute atomic E-state index is 13.1. The molecule has 0 saturated carbocycles. The van der Waals surface area contributed by atoms with Gasteiger partial charge in [-0.15, -0.1) is 5.10 Å². The van der Waals surface area contributed by atoms with Crippen molar-refractivity contribution in [2.45, 2.75) is 32.1 Å². The summed E-state index contributed by atoms with van der Waals surface area (Å²) in [6.45, 7) is 0.436. The smallest absolute Gasteiger partial charge is 0.382 e. The number of primary amides is 1. The zero-order valence-corrected chi connectivity index (χ0v) is 19.4. The van der Waals surface area contributed by atoms with Gasteiger partial charge in [0, 0.05) is 16.8 Å². The van der Waals surface area contributed by atoms with E-state index < -0.39 is 31.1 Å². The summed E-state index contributed by atoms with van der Waals surface area (Å²) >= 11 is 5.90. The molecule has 1 unspecified atom stereocenters. The van der Waals surface area contributed by atoms with Crippen molar-refractivity contribution in [3.63, 3.8) is 0 Å². The highest BCUT2D eigenvalue weighted by molar-refractivity contribution is 6.30. The first-order valence-corrected chi connectivity index (χ1v) is 10.8. The summed E-state index contributed by atoms with van der Waals surface area (Å²) in [7, 11) is 0. The van der Waals surface area contributed by atoms with Crippen molar-refractivity contribution in [3.05, 3.63) is 70.4 Å². The second kappa shape index (κ2) is 9.72. The first-order valence-electron chi connectivity index (χ1n) is 10.4. The minimum atomic E-state index is -4.92. The molecule has 0 spiro atoms. The molecule has 1 aliphatic heterocycles. The van der Waals surface area contributed by atoms with Gasteiger partial charge >= 0.3 is 6.18 Å². The molecule has 3 aromatic rings. The summed E-state index contributed by atoms with van der Waals surface area (Å²) in [5, 5.41) is 30.4. The van der Waals surface area contributed by atoms with Crippen molar-refractivity contribution in [1.29, 1.82) is 0 Å². The molecule has 0 saturated heterocycles. The standard InChI is InChI=1S/C21H20ClF3N8O3/c1-11-3-2-8-27-17(11)33-19(16(26)35)28-15(29-33)10-32-20(36)31(9-14(34)21(23,24)25)18(30-32)12-4-6-13(22)7-5-12/h2-8,14,20,34,36H,9-10H2,1H3,(H2,26,35)/t14-,20?/m0/s1. The number of aryl methyl sites for hydroxylation is 1. The number of hydrogen-bond acceptors (Lipinski definition) is 9. The molecule has 0 aliphatic carbocycles. The summed E-state index contributed by atoms with van der Waals surface area (Å²) in [6.07, 6.45) is -7.90. The van der Waals surface area contributed by atoms with Gasteiger partial charge in [-0.05, 0) is 42.8 Å². The lowest BCUT2D eigenvalue weighted by Gasteiger charge is -2.29. The number of hydrazone groups is 1. The van der Waals surface area contributed by atoms with E-state index in [0.717, 1.165) is 14.6 Å². The molecule has 4 N–H and O–H groups in total. The highest BCUT2D eigenvalue weighted by Gasteiger charge is 2.43. The van der Waals surface area contributed by atoms with E-state index in [2.05, 4.69) is 20.2 Å². The average Bonchev–Trinajstić information content (AvgIpc) is 3.36. The lowest BCUT2D eigenvalue weighted by molar-refractivity contribution is -0.212. The Morgan fingerprint density at radius 2 is 1.94 bits per heavy atom. The normalized spacial score (nSPS) is 16.9. The monoisotopic (exact) mass is 524 g/mol. The number of benzene rings is 1. The van der Waals surface area contributed by atoms with Gasteiger partial charge in [-0.1, -0.05) is 17.7 Å². The lowest BCUT2D eigenvalue weighted by atomic mass is 10.2. The number of rotatable bonds is 7. The van der Waals surface area contributed by atoms with Crippen molar-refractivity contribution in [2.24, 2.45) is 10.8 Å². The number of amides is 1. The number of aliphatic hydroxyl groups is 2. The predicted molar refractivity (Wildman–Crippen MR) is 121 cm³/mol. The Bertz CT molecular complexity index is 1300. The predicted octanol–water partition coefficient (Wildman–Crippen LogP) is 1.40. The maximum atomic E-state index is 13.1. The number of halogens is 4. The fourth-order valence-electron chi connectivity index (χ4n) is 3.48. The van der Waals surface area contributed by atoms with Crippen LogP contribution in [0.3, 0.4) is 0 Å². The number of hydrogen-bond donors (Lipinski definition) is 3. The molecule has 2 atom stereocenters. The molecule has 1 amide bonds. The third-order valence-corrected chi connectivity index (χ3v) is 5.50. The number of nitrogens with two attached hydrogens (primary N) is 1. The van der Waals surface area contributed by atoms with E-state index in [1.807, 2.05) is 0 Å². The molecule has 1 aromatic carbocycles.